The molecule has 12 heteroatoms. The largest absolute Gasteiger partial charge is 0.392 e. The van der Waals surface area contributed by atoms with Crippen molar-refractivity contribution in [3.63, 3.8) is 0 Å². The molecular weight excluding hydrogens is 506 g/mol. The van der Waals surface area contributed by atoms with Gasteiger partial charge in [-0.3, -0.25) is 14.0 Å². The minimum atomic E-state index is -3.86. The Bertz CT molecular complexity index is 1570. The van der Waals surface area contributed by atoms with Gasteiger partial charge >= 0.3 is 0 Å². The van der Waals surface area contributed by atoms with Crippen molar-refractivity contribution in [2.24, 2.45) is 7.05 Å². The van der Waals surface area contributed by atoms with Gasteiger partial charge in [-0.2, -0.15) is 5.10 Å². The van der Waals surface area contributed by atoms with Gasteiger partial charge in [0.05, 0.1) is 34.6 Å². The molecule has 38 heavy (non-hydrogen) atoms. The van der Waals surface area contributed by atoms with Crippen LogP contribution in [0.15, 0.2) is 40.3 Å². The Morgan fingerprint density at radius 2 is 2.00 bits per heavy atom. The molecule has 1 aliphatic carbocycles. The first-order valence-corrected chi connectivity index (χ1v) is 14.3. The summed E-state index contributed by atoms with van der Waals surface area (Å²) in [6.45, 7) is 5.45. The van der Waals surface area contributed by atoms with Crippen LogP contribution in [-0.4, -0.2) is 76.1 Å². The number of aryl methyl sites for hydroxylation is 1. The Hall–Kier alpha value is -3.06. The van der Waals surface area contributed by atoms with E-state index in [1.165, 1.54) is 10.6 Å². The fourth-order valence-electron chi connectivity index (χ4n) is 4.64. The number of aliphatic hydroxyl groups excluding tert-OH is 1. The van der Waals surface area contributed by atoms with Gasteiger partial charge in [0, 0.05) is 49.5 Å². The van der Waals surface area contributed by atoms with Crippen molar-refractivity contribution < 1.29 is 13.5 Å². The van der Waals surface area contributed by atoms with E-state index in [1.54, 1.807) is 30.9 Å². The number of aliphatic hydroxyl groups is 1. The summed E-state index contributed by atoms with van der Waals surface area (Å²) in [5.74, 6) is 0.307. The Labute approximate surface area is 222 Å². The Morgan fingerprint density at radius 1 is 1.24 bits per heavy atom. The van der Waals surface area contributed by atoms with Crippen molar-refractivity contribution in [1.29, 1.82) is 0 Å². The number of benzene rings is 1. The summed E-state index contributed by atoms with van der Waals surface area (Å²) in [7, 11) is -0.0382. The summed E-state index contributed by atoms with van der Waals surface area (Å²) in [5, 5.41) is 17.4. The van der Waals surface area contributed by atoms with Crippen LogP contribution >= 0.6 is 0 Å². The van der Waals surface area contributed by atoms with Crippen molar-refractivity contribution in [2.45, 2.75) is 56.2 Å². The summed E-state index contributed by atoms with van der Waals surface area (Å²) in [5.41, 5.74) is 2.02. The average Bonchev–Trinajstić information content (AvgIpc) is 3.42. The zero-order chi connectivity index (χ0) is 27.2. The number of fused-ring (bicyclic) bond motifs is 1. The standard InChI is InChI=1S/C26H35N7O4S/c1-17(34)13-27-25-29-23-21(19-5-9-31(3)10-6-19)11-20(38(36,37)30-26(2)7-8-26)12-22(23)24(35)33(25)16-18-14-28-32(4)15-18/h5,11-12,14-15,17,30,34H,6-10,13,16H2,1-4H3,(H,27,29)/t17-/m0/s1. The molecule has 0 radical (unpaired) electrons. The first-order chi connectivity index (χ1) is 17.9. The minimum Gasteiger partial charge on any atom is -0.392 e. The van der Waals surface area contributed by atoms with E-state index in [0.29, 0.717) is 23.4 Å². The zero-order valence-corrected chi connectivity index (χ0v) is 23.0. The fraction of sp³-hybridized carbons (Fsp3) is 0.500. The van der Waals surface area contributed by atoms with E-state index in [2.05, 4.69) is 26.1 Å². The molecule has 2 aliphatic rings. The second kappa shape index (κ2) is 9.92. The Kier molecular flexibility index (Phi) is 6.93. The van der Waals surface area contributed by atoms with Crippen LogP contribution in [0.1, 0.15) is 44.2 Å². The fourth-order valence-corrected chi connectivity index (χ4v) is 6.16. The molecule has 1 aromatic carbocycles. The number of aromatic nitrogens is 4. The van der Waals surface area contributed by atoms with E-state index >= 15 is 0 Å². The first-order valence-electron chi connectivity index (χ1n) is 12.8. The lowest BCUT2D eigenvalue weighted by atomic mass is 9.97. The first kappa shape index (κ1) is 26.5. The van der Waals surface area contributed by atoms with Crippen molar-refractivity contribution in [2.75, 3.05) is 32.0 Å². The van der Waals surface area contributed by atoms with Gasteiger partial charge in [0.15, 0.2) is 0 Å². The molecular formula is C26H35N7O4S. The molecule has 5 rings (SSSR count). The van der Waals surface area contributed by atoms with E-state index in [0.717, 1.165) is 37.1 Å². The molecule has 3 heterocycles. The lowest BCUT2D eigenvalue weighted by molar-refractivity contribution is 0.208. The number of rotatable bonds is 9. The lowest BCUT2D eigenvalue weighted by Crippen LogP contribution is -2.34. The molecule has 1 aliphatic heterocycles. The normalized spacial score (nSPS) is 18.4. The molecule has 1 saturated carbocycles. The van der Waals surface area contributed by atoms with E-state index in [1.807, 2.05) is 20.2 Å². The van der Waals surface area contributed by atoms with Crippen LogP contribution in [0.25, 0.3) is 16.5 Å². The maximum absolute atomic E-state index is 14.0. The van der Waals surface area contributed by atoms with Crippen molar-refractivity contribution in [3.05, 3.63) is 52.1 Å². The van der Waals surface area contributed by atoms with Crippen molar-refractivity contribution >= 4 is 32.4 Å². The third-order valence-electron chi connectivity index (χ3n) is 7.14. The number of hydrogen-bond acceptors (Lipinski definition) is 8. The molecule has 0 amide bonds. The Balaban J connectivity index is 1.73. The molecule has 0 unspecified atom stereocenters. The second-order valence-electron chi connectivity index (χ2n) is 10.9. The van der Waals surface area contributed by atoms with Gasteiger partial charge in [-0.1, -0.05) is 6.08 Å². The number of nitrogens with one attached hydrogen (secondary N) is 2. The minimum absolute atomic E-state index is 0.0597. The summed E-state index contributed by atoms with van der Waals surface area (Å²) in [4.78, 5) is 21.1. The lowest BCUT2D eigenvalue weighted by Gasteiger charge is -2.24. The predicted octanol–water partition coefficient (Wildman–Crippen LogP) is 1.52. The summed E-state index contributed by atoms with van der Waals surface area (Å²) in [6.07, 6.45) is 7.15. The van der Waals surface area contributed by atoms with Crippen LogP contribution < -0.4 is 15.6 Å². The highest BCUT2D eigenvalue weighted by atomic mass is 32.2. The molecule has 1 atom stereocenters. The van der Waals surface area contributed by atoms with Gasteiger partial charge in [0.1, 0.15) is 0 Å². The SMILES string of the molecule is C[C@H](O)CNc1nc2c(C3=CCN(C)CC3)cc(S(=O)(=O)NC3(C)CC3)cc2c(=O)n1Cc1cnn(C)c1. The zero-order valence-electron chi connectivity index (χ0n) is 22.2. The molecule has 11 nitrogen and oxygen atoms in total. The van der Waals surface area contributed by atoms with Gasteiger partial charge in [-0.15, -0.1) is 0 Å². The van der Waals surface area contributed by atoms with E-state index < -0.39 is 21.7 Å². The maximum Gasteiger partial charge on any atom is 0.263 e. The number of sulfonamides is 1. The van der Waals surface area contributed by atoms with Gasteiger partial charge in [0.2, 0.25) is 16.0 Å². The van der Waals surface area contributed by atoms with Crippen LogP contribution in [0.3, 0.4) is 0 Å². The van der Waals surface area contributed by atoms with Gasteiger partial charge in [-0.05, 0) is 57.9 Å². The number of nitrogens with zero attached hydrogens (tertiary/aromatic N) is 5. The molecule has 3 N–H and O–H groups in total. The van der Waals surface area contributed by atoms with Crippen LogP contribution in [-0.2, 0) is 23.6 Å². The monoisotopic (exact) mass is 541 g/mol. The topological polar surface area (TPSA) is 134 Å². The van der Waals surface area contributed by atoms with E-state index in [9.17, 15) is 18.3 Å². The quantitative estimate of drug-likeness (QED) is 0.371. The highest BCUT2D eigenvalue weighted by Gasteiger charge is 2.41. The van der Waals surface area contributed by atoms with Gasteiger partial charge in [0.25, 0.3) is 5.56 Å². The second-order valence-corrected chi connectivity index (χ2v) is 12.5. The highest BCUT2D eigenvalue weighted by molar-refractivity contribution is 7.89. The predicted molar refractivity (Wildman–Crippen MR) is 147 cm³/mol. The van der Waals surface area contributed by atoms with E-state index in [4.69, 9.17) is 4.98 Å². The third kappa shape index (κ3) is 5.53. The van der Waals surface area contributed by atoms with Crippen LogP contribution in [0, 0.1) is 0 Å². The summed E-state index contributed by atoms with van der Waals surface area (Å²) in [6, 6.07) is 3.08. The van der Waals surface area contributed by atoms with Crippen molar-refractivity contribution in [1.82, 2.24) is 29.0 Å². The molecule has 3 aromatic rings. The molecule has 0 bridgehead atoms. The van der Waals surface area contributed by atoms with Crippen LogP contribution in [0.5, 0.6) is 0 Å². The molecule has 1 fully saturated rings. The van der Waals surface area contributed by atoms with Gasteiger partial charge in [-0.25, -0.2) is 18.1 Å². The molecule has 0 spiro atoms. The van der Waals surface area contributed by atoms with Crippen molar-refractivity contribution in [3.8, 4) is 0 Å². The van der Waals surface area contributed by atoms with E-state index in [-0.39, 0.29) is 28.9 Å². The maximum atomic E-state index is 14.0. The molecule has 0 saturated heterocycles. The Morgan fingerprint density at radius 3 is 2.61 bits per heavy atom. The van der Waals surface area contributed by atoms with Crippen LogP contribution in [0.4, 0.5) is 5.95 Å². The number of likely N-dealkylation sites (N-methyl/N-ethyl adjacent to an activating group) is 1. The molecule has 204 valence electrons. The highest BCUT2D eigenvalue weighted by Crippen LogP contribution is 2.37. The van der Waals surface area contributed by atoms with Crippen LogP contribution in [0.2, 0.25) is 0 Å². The number of anilines is 1. The number of hydrogen-bond donors (Lipinski definition) is 3. The molecule has 2 aromatic heterocycles. The summed E-state index contributed by atoms with van der Waals surface area (Å²) >= 11 is 0. The average molecular weight is 542 g/mol. The summed E-state index contributed by atoms with van der Waals surface area (Å²) < 4.78 is 32.8. The van der Waals surface area contributed by atoms with Gasteiger partial charge < -0.3 is 15.3 Å². The third-order valence-corrected chi connectivity index (χ3v) is 8.75. The smallest absolute Gasteiger partial charge is 0.263 e.